The van der Waals surface area contributed by atoms with E-state index in [9.17, 15) is 0 Å². The van der Waals surface area contributed by atoms with Gasteiger partial charge in [0, 0.05) is 61.7 Å². The molecule has 210 valence electrons. The van der Waals surface area contributed by atoms with Gasteiger partial charge in [-0.3, -0.25) is 4.98 Å². The fourth-order valence-electron chi connectivity index (χ4n) is 6.67. The van der Waals surface area contributed by atoms with E-state index >= 15 is 0 Å². The van der Waals surface area contributed by atoms with Crippen LogP contribution in [0.15, 0.2) is 158 Å². The highest BCUT2D eigenvalue weighted by atomic mass is 15.0. The van der Waals surface area contributed by atoms with Crippen LogP contribution in [0.5, 0.6) is 0 Å². The Balaban J connectivity index is 1.31. The molecule has 0 aliphatic heterocycles. The van der Waals surface area contributed by atoms with Crippen molar-refractivity contribution in [3.05, 3.63) is 158 Å². The Kier molecular flexibility index (Phi) is 5.78. The molecule has 0 unspecified atom stereocenters. The van der Waals surface area contributed by atoms with Crippen LogP contribution in [-0.4, -0.2) is 19.5 Å². The van der Waals surface area contributed by atoms with Gasteiger partial charge in [-0.25, -0.2) is 9.97 Å². The van der Waals surface area contributed by atoms with Crippen LogP contribution >= 0.6 is 0 Å². The largest absolute Gasteiger partial charge is 0.309 e. The van der Waals surface area contributed by atoms with Gasteiger partial charge < -0.3 is 4.57 Å². The van der Waals surface area contributed by atoms with Crippen molar-refractivity contribution in [1.29, 1.82) is 0 Å². The Morgan fingerprint density at radius 3 is 2.04 bits per heavy atom. The molecule has 4 heterocycles. The van der Waals surface area contributed by atoms with Crippen molar-refractivity contribution in [2.75, 3.05) is 0 Å². The first-order valence-electron chi connectivity index (χ1n) is 15.1. The molecule has 0 saturated carbocycles. The van der Waals surface area contributed by atoms with Crippen molar-refractivity contribution < 1.29 is 0 Å². The Morgan fingerprint density at radius 1 is 0.444 bits per heavy atom. The number of rotatable bonds is 4. The molecule has 0 N–H and O–H groups in total. The molecule has 45 heavy (non-hydrogen) atoms. The Labute approximate surface area is 259 Å². The topological polar surface area (TPSA) is 43.6 Å². The number of para-hydroxylation sites is 3. The van der Waals surface area contributed by atoms with E-state index in [1.807, 2.05) is 24.4 Å². The molecule has 0 radical (unpaired) electrons. The molecular weight excluding hydrogens is 548 g/mol. The molecule has 0 bridgehead atoms. The Morgan fingerprint density at radius 2 is 1.18 bits per heavy atom. The maximum Gasteiger partial charge on any atom is 0.0788 e. The molecule has 5 aromatic carbocycles. The molecule has 0 fully saturated rings. The number of hydrogen-bond acceptors (Lipinski definition) is 3. The highest BCUT2D eigenvalue weighted by Crippen LogP contribution is 2.42. The highest BCUT2D eigenvalue weighted by molar-refractivity contribution is 6.29. The SMILES string of the molecule is c1ccc(-n2c3ccccc3c3c4c(ccc32)c(-c2cccc(-c3cccc(-c5cccnc5)n3)c2)nc2ccccc24)cc1. The molecule has 0 atom stereocenters. The lowest BCUT2D eigenvalue weighted by Gasteiger charge is -2.13. The van der Waals surface area contributed by atoms with Crippen LogP contribution in [0.2, 0.25) is 0 Å². The number of hydrogen-bond donors (Lipinski definition) is 0. The summed E-state index contributed by atoms with van der Waals surface area (Å²) in [6.45, 7) is 0. The Bertz CT molecular complexity index is 2530. The fourth-order valence-corrected chi connectivity index (χ4v) is 6.67. The zero-order chi connectivity index (χ0) is 29.7. The number of benzene rings is 5. The highest BCUT2D eigenvalue weighted by Gasteiger charge is 2.19. The van der Waals surface area contributed by atoms with Gasteiger partial charge in [0.15, 0.2) is 0 Å². The minimum absolute atomic E-state index is 0.900. The smallest absolute Gasteiger partial charge is 0.0788 e. The van der Waals surface area contributed by atoms with Gasteiger partial charge in [-0.1, -0.05) is 84.9 Å². The van der Waals surface area contributed by atoms with Crippen molar-refractivity contribution in [3.8, 4) is 39.5 Å². The lowest BCUT2D eigenvalue weighted by Crippen LogP contribution is -1.94. The minimum Gasteiger partial charge on any atom is -0.309 e. The zero-order valence-electron chi connectivity index (χ0n) is 24.3. The third-order valence-electron chi connectivity index (χ3n) is 8.65. The monoisotopic (exact) mass is 574 g/mol. The first-order valence-corrected chi connectivity index (χ1v) is 15.1. The van der Waals surface area contributed by atoms with Crippen molar-refractivity contribution in [1.82, 2.24) is 19.5 Å². The van der Waals surface area contributed by atoms with Gasteiger partial charge >= 0.3 is 0 Å². The second-order valence-corrected chi connectivity index (χ2v) is 11.3. The molecular formula is C41H26N4. The van der Waals surface area contributed by atoms with E-state index in [4.69, 9.17) is 9.97 Å². The molecule has 0 amide bonds. The number of fused-ring (bicyclic) bond motifs is 7. The van der Waals surface area contributed by atoms with Crippen LogP contribution in [0.25, 0.3) is 82.9 Å². The van der Waals surface area contributed by atoms with Gasteiger partial charge in [0.25, 0.3) is 0 Å². The van der Waals surface area contributed by atoms with Crippen LogP contribution in [0.1, 0.15) is 0 Å². The normalized spacial score (nSPS) is 11.6. The predicted octanol–water partition coefficient (Wildman–Crippen LogP) is 10.3. The average molecular weight is 575 g/mol. The third kappa shape index (κ3) is 4.11. The molecule has 0 saturated heterocycles. The first-order chi connectivity index (χ1) is 22.3. The molecule has 9 rings (SSSR count). The predicted molar refractivity (Wildman–Crippen MR) is 185 cm³/mol. The summed E-state index contributed by atoms with van der Waals surface area (Å²) in [5, 5.41) is 5.98. The van der Waals surface area contributed by atoms with Gasteiger partial charge in [0.1, 0.15) is 0 Å². The second-order valence-electron chi connectivity index (χ2n) is 11.3. The van der Waals surface area contributed by atoms with E-state index in [-0.39, 0.29) is 0 Å². The molecule has 4 heteroatoms. The summed E-state index contributed by atoms with van der Waals surface area (Å²) in [5.41, 5.74) is 10.4. The van der Waals surface area contributed by atoms with E-state index in [1.54, 1.807) is 6.20 Å². The van der Waals surface area contributed by atoms with E-state index in [2.05, 4.69) is 137 Å². The van der Waals surface area contributed by atoms with E-state index in [0.717, 1.165) is 55.7 Å². The second kappa shape index (κ2) is 10.2. The van der Waals surface area contributed by atoms with Crippen molar-refractivity contribution in [2.45, 2.75) is 0 Å². The maximum atomic E-state index is 5.29. The van der Waals surface area contributed by atoms with E-state index in [0.29, 0.717) is 0 Å². The van der Waals surface area contributed by atoms with Gasteiger partial charge in [-0.2, -0.15) is 0 Å². The lowest BCUT2D eigenvalue weighted by atomic mass is 9.95. The van der Waals surface area contributed by atoms with Crippen LogP contribution < -0.4 is 0 Å². The molecule has 9 aromatic rings. The maximum absolute atomic E-state index is 5.29. The van der Waals surface area contributed by atoms with Crippen molar-refractivity contribution in [2.24, 2.45) is 0 Å². The van der Waals surface area contributed by atoms with Gasteiger partial charge in [-0.05, 0) is 60.7 Å². The van der Waals surface area contributed by atoms with Crippen molar-refractivity contribution >= 4 is 43.5 Å². The lowest BCUT2D eigenvalue weighted by molar-refractivity contribution is 1.18. The first kappa shape index (κ1) is 25.4. The summed E-state index contributed by atoms with van der Waals surface area (Å²) in [4.78, 5) is 14.6. The summed E-state index contributed by atoms with van der Waals surface area (Å²) in [5.74, 6) is 0. The molecule has 4 aromatic heterocycles. The molecule has 0 aliphatic rings. The van der Waals surface area contributed by atoms with Crippen LogP contribution in [-0.2, 0) is 0 Å². The third-order valence-corrected chi connectivity index (χ3v) is 8.65. The summed E-state index contributed by atoms with van der Waals surface area (Å²) >= 11 is 0. The quantitative estimate of drug-likeness (QED) is 0.196. The van der Waals surface area contributed by atoms with Gasteiger partial charge in [0.05, 0.1) is 33.6 Å². The average Bonchev–Trinajstić information content (AvgIpc) is 3.46. The van der Waals surface area contributed by atoms with Crippen LogP contribution in [0.3, 0.4) is 0 Å². The number of nitrogens with zero attached hydrogens (tertiary/aromatic N) is 4. The molecule has 0 aliphatic carbocycles. The Hall–Kier alpha value is -6.13. The van der Waals surface area contributed by atoms with Crippen molar-refractivity contribution in [3.63, 3.8) is 0 Å². The zero-order valence-corrected chi connectivity index (χ0v) is 24.3. The summed E-state index contributed by atoms with van der Waals surface area (Å²) in [6, 6.07) is 51.1. The molecule has 0 spiro atoms. The number of pyridine rings is 3. The standard InChI is InChI=1S/C41H26N4/c1-2-14-30(15-3-1)45-37-21-7-5-17-32(37)40-38(45)23-22-33-39(40)31-16-4-6-18-36(31)44-41(33)28-12-8-11-27(25-28)34-19-9-20-35(43-34)29-13-10-24-42-26-29/h1-26H. The van der Waals surface area contributed by atoms with Gasteiger partial charge in [0.2, 0.25) is 0 Å². The van der Waals surface area contributed by atoms with Crippen LogP contribution in [0, 0.1) is 0 Å². The van der Waals surface area contributed by atoms with E-state index in [1.165, 1.54) is 27.2 Å². The summed E-state index contributed by atoms with van der Waals surface area (Å²) in [7, 11) is 0. The molecule has 4 nitrogen and oxygen atoms in total. The minimum atomic E-state index is 0.900. The van der Waals surface area contributed by atoms with Gasteiger partial charge in [-0.15, -0.1) is 0 Å². The summed E-state index contributed by atoms with van der Waals surface area (Å²) < 4.78 is 2.38. The fraction of sp³-hybridized carbons (Fsp3) is 0. The number of aromatic nitrogens is 4. The summed E-state index contributed by atoms with van der Waals surface area (Å²) in [6.07, 6.45) is 3.63. The van der Waals surface area contributed by atoms with Crippen LogP contribution in [0.4, 0.5) is 0 Å². The van der Waals surface area contributed by atoms with E-state index < -0.39 is 0 Å².